The molecule has 2 heterocycles. The Morgan fingerprint density at radius 1 is 1.52 bits per heavy atom. The van der Waals surface area contributed by atoms with Crippen molar-refractivity contribution in [2.24, 2.45) is 5.73 Å². The summed E-state index contributed by atoms with van der Waals surface area (Å²) in [6.45, 7) is 2.66. The predicted molar refractivity (Wildman–Crippen MR) is 74.9 cm³/mol. The smallest absolute Gasteiger partial charge is 0.246 e. The lowest BCUT2D eigenvalue weighted by Gasteiger charge is -2.21. The van der Waals surface area contributed by atoms with E-state index >= 15 is 0 Å². The summed E-state index contributed by atoms with van der Waals surface area (Å²) >= 11 is 0. The van der Waals surface area contributed by atoms with Crippen LogP contribution in [-0.4, -0.2) is 44.9 Å². The molecule has 3 N–H and O–H groups in total. The lowest BCUT2D eigenvalue weighted by molar-refractivity contribution is -0.121. The van der Waals surface area contributed by atoms with Crippen LogP contribution in [0.15, 0.2) is 24.5 Å². The average molecular weight is 288 g/mol. The molecule has 0 saturated carbocycles. The van der Waals surface area contributed by atoms with Crippen LogP contribution in [0.25, 0.3) is 5.69 Å². The normalized spacial score (nSPS) is 21.4. The maximum absolute atomic E-state index is 12.3. The molecule has 3 rings (SSSR count). The van der Waals surface area contributed by atoms with Crippen LogP contribution < -0.4 is 11.1 Å². The van der Waals surface area contributed by atoms with Gasteiger partial charge in [0.2, 0.25) is 5.91 Å². The number of nitrogens with zero attached hydrogens (tertiary/aromatic N) is 4. The molecule has 1 fully saturated rings. The zero-order valence-electron chi connectivity index (χ0n) is 11.6. The second-order valence-corrected chi connectivity index (χ2v) is 5.17. The van der Waals surface area contributed by atoms with Crippen LogP contribution in [0.5, 0.6) is 0 Å². The second kappa shape index (κ2) is 5.23. The van der Waals surface area contributed by atoms with E-state index in [-0.39, 0.29) is 12.5 Å². The Balaban J connectivity index is 1.85. The van der Waals surface area contributed by atoms with E-state index in [1.54, 1.807) is 0 Å². The van der Waals surface area contributed by atoms with Crippen molar-refractivity contribution >= 4 is 11.6 Å². The third-order valence-corrected chi connectivity index (χ3v) is 3.59. The Bertz CT molecular complexity index is 649. The molecule has 1 amide bonds. The fourth-order valence-electron chi connectivity index (χ4n) is 2.17. The molecule has 1 unspecified atom stereocenters. The van der Waals surface area contributed by atoms with Gasteiger partial charge in [-0.05, 0) is 41.5 Å². The Morgan fingerprint density at radius 2 is 2.38 bits per heavy atom. The summed E-state index contributed by atoms with van der Waals surface area (Å²) in [7, 11) is 0. The van der Waals surface area contributed by atoms with E-state index in [1.165, 1.54) is 11.0 Å². The number of rotatable bonds is 3. The van der Waals surface area contributed by atoms with E-state index in [2.05, 4.69) is 20.8 Å². The second-order valence-electron chi connectivity index (χ2n) is 5.17. The van der Waals surface area contributed by atoms with Gasteiger partial charge in [-0.3, -0.25) is 4.79 Å². The number of aromatic nitrogens is 4. The topological polar surface area (TPSA) is 108 Å². The summed E-state index contributed by atoms with van der Waals surface area (Å²) in [6, 6.07) is 5.57. The molecule has 1 saturated heterocycles. The fraction of sp³-hybridized carbons (Fsp3) is 0.385. The lowest BCUT2D eigenvalue weighted by atomic mass is 9.99. The van der Waals surface area contributed by atoms with Crippen molar-refractivity contribution in [3.05, 3.63) is 30.1 Å². The van der Waals surface area contributed by atoms with Crippen LogP contribution in [0.1, 0.15) is 12.0 Å². The Labute approximate surface area is 121 Å². The number of anilines is 1. The minimum absolute atomic E-state index is 0.239. The molecule has 2 aromatic rings. The molecular weight excluding hydrogens is 272 g/mol. The molecule has 0 radical (unpaired) electrons. The average Bonchev–Trinajstić information content (AvgIpc) is 3.13. The molecule has 1 aromatic carbocycles. The minimum atomic E-state index is -0.961. The predicted octanol–water partition coefficient (Wildman–Crippen LogP) is 0.0270. The number of carbonyl (C=O) groups excluding carboxylic acids is 1. The van der Waals surface area contributed by atoms with Crippen molar-refractivity contribution in [2.75, 3.05) is 18.5 Å². The third-order valence-electron chi connectivity index (χ3n) is 3.59. The van der Waals surface area contributed by atoms with E-state index in [9.17, 15) is 4.79 Å². The standard InChI is InChI=1S/C13H16N6O2/c1-9-2-3-10(19-8-15-17-18-19)6-11(9)16-12(20)13(14)4-5-21-7-13/h2-3,6,8H,4-5,7,14H2,1H3,(H,16,20). The van der Waals surface area contributed by atoms with Crippen LogP contribution in [0.3, 0.4) is 0 Å². The number of ether oxygens (including phenoxy) is 1. The zero-order chi connectivity index (χ0) is 14.9. The first kappa shape index (κ1) is 13.7. The van der Waals surface area contributed by atoms with Gasteiger partial charge in [-0.1, -0.05) is 6.07 Å². The molecule has 1 aliphatic heterocycles. The molecule has 0 aliphatic carbocycles. The Morgan fingerprint density at radius 3 is 3.05 bits per heavy atom. The summed E-state index contributed by atoms with van der Waals surface area (Å²) in [5, 5.41) is 13.9. The molecular formula is C13H16N6O2. The summed E-state index contributed by atoms with van der Waals surface area (Å²) in [4.78, 5) is 12.3. The highest BCUT2D eigenvalue weighted by atomic mass is 16.5. The van der Waals surface area contributed by atoms with Crippen molar-refractivity contribution in [1.29, 1.82) is 0 Å². The van der Waals surface area contributed by atoms with Gasteiger partial charge in [0.05, 0.1) is 12.3 Å². The highest BCUT2D eigenvalue weighted by Crippen LogP contribution is 2.22. The number of hydrogen-bond donors (Lipinski definition) is 2. The van der Waals surface area contributed by atoms with Gasteiger partial charge in [-0.2, -0.15) is 0 Å². The van der Waals surface area contributed by atoms with E-state index in [0.717, 1.165) is 11.3 Å². The van der Waals surface area contributed by atoms with Gasteiger partial charge < -0.3 is 15.8 Å². The van der Waals surface area contributed by atoms with E-state index in [0.29, 0.717) is 18.7 Å². The zero-order valence-corrected chi connectivity index (χ0v) is 11.6. The number of amides is 1. The van der Waals surface area contributed by atoms with Crippen LogP contribution >= 0.6 is 0 Å². The summed E-state index contributed by atoms with van der Waals surface area (Å²) < 4.78 is 6.74. The van der Waals surface area contributed by atoms with Gasteiger partial charge >= 0.3 is 0 Å². The van der Waals surface area contributed by atoms with Gasteiger partial charge in [0, 0.05) is 12.3 Å². The molecule has 8 nitrogen and oxygen atoms in total. The van der Waals surface area contributed by atoms with Crippen molar-refractivity contribution in [2.45, 2.75) is 18.9 Å². The maximum atomic E-state index is 12.3. The first-order chi connectivity index (χ1) is 10.1. The first-order valence-corrected chi connectivity index (χ1v) is 6.61. The number of nitrogens with two attached hydrogens (primary N) is 1. The maximum Gasteiger partial charge on any atom is 0.246 e. The van der Waals surface area contributed by atoms with Gasteiger partial charge in [0.15, 0.2) is 0 Å². The Kier molecular flexibility index (Phi) is 3.40. The van der Waals surface area contributed by atoms with Gasteiger partial charge in [-0.25, -0.2) is 4.68 Å². The van der Waals surface area contributed by atoms with Gasteiger partial charge in [-0.15, -0.1) is 5.10 Å². The lowest BCUT2D eigenvalue weighted by Crippen LogP contribution is -2.51. The number of hydrogen-bond acceptors (Lipinski definition) is 6. The van der Waals surface area contributed by atoms with Crippen molar-refractivity contribution < 1.29 is 9.53 Å². The molecule has 8 heteroatoms. The molecule has 0 spiro atoms. The van der Waals surface area contributed by atoms with E-state index in [4.69, 9.17) is 10.5 Å². The van der Waals surface area contributed by atoms with Crippen molar-refractivity contribution in [3.8, 4) is 5.69 Å². The van der Waals surface area contributed by atoms with Crippen molar-refractivity contribution in [1.82, 2.24) is 20.2 Å². The van der Waals surface area contributed by atoms with Gasteiger partial charge in [0.1, 0.15) is 11.9 Å². The molecule has 1 aromatic heterocycles. The number of aryl methyl sites for hydroxylation is 1. The van der Waals surface area contributed by atoms with Crippen LogP contribution in [-0.2, 0) is 9.53 Å². The molecule has 0 bridgehead atoms. The monoisotopic (exact) mass is 288 g/mol. The quantitative estimate of drug-likeness (QED) is 0.824. The third kappa shape index (κ3) is 2.63. The van der Waals surface area contributed by atoms with Crippen LogP contribution in [0.2, 0.25) is 0 Å². The number of nitrogens with one attached hydrogen (secondary N) is 1. The van der Waals surface area contributed by atoms with Crippen molar-refractivity contribution in [3.63, 3.8) is 0 Å². The summed E-state index contributed by atoms with van der Waals surface area (Å²) in [5.41, 5.74) is 7.47. The highest BCUT2D eigenvalue weighted by Gasteiger charge is 2.38. The summed E-state index contributed by atoms with van der Waals surface area (Å²) in [5.74, 6) is -0.239. The molecule has 1 atom stereocenters. The molecule has 21 heavy (non-hydrogen) atoms. The number of benzene rings is 1. The SMILES string of the molecule is Cc1ccc(-n2cnnn2)cc1NC(=O)C1(N)CCOC1. The molecule has 110 valence electrons. The summed E-state index contributed by atoms with van der Waals surface area (Å²) in [6.07, 6.45) is 2.01. The highest BCUT2D eigenvalue weighted by molar-refractivity contribution is 5.99. The minimum Gasteiger partial charge on any atom is -0.379 e. The van der Waals surface area contributed by atoms with E-state index in [1.807, 2.05) is 25.1 Å². The van der Waals surface area contributed by atoms with E-state index < -0.39 is 5.54 Å². The fourth-order valence-corrected chi connectivity index (χ4v) is 2.17. The molecule has 1 aliphatic rings. The largest absolute Gasteiger partial charge is 0.379 e. The first-order valence-electron chi connectivity index (χ1n) is 6.61. The van der Waals surface area contributed by atoms with Crippen LogP contribution in [0.4, 0.5) is 5.69 Å². The van der Waals surface area contributed by atoms with Crippen LogP contribution in [0, 0.1) is 6.92 Å². The number of tetrazole rings is 1. The number of carbonyl (C=O) groups is 1. The Hall–Kier alpha value is -2.32. The van der Waals surface area contributed by atoms with Gasteiger partial charge in [0.25, 0.3) is 0 Å².